The van der Waals surface area contributed by atoms with Crippen LogP contribution in [0.15, 0.2) is 30.3 Å². The lowest BCUT2D eigenvalue weighted by Crippen LogP contribution is -2.46. The molecular weight excluding hydrogens is 316 g/mol. The molecule has 24 heavy (non-hydrogen) atoms. The molecule has 1 heterocycles. The van der Waals surface area contributed by atoms with Crippen LogP contribution >= 0.6 is 0 Å². The summed E-state index contributed by atoms with van der Waals surface area (Å²) in [4.78, 5) is 12.8. The predicted molar refractivity (Wildman–Crippen MR) is 84.6 cm³/mol. The van der Waals surface area contributed by atoms with Crippen molar-refractivity contribution in [3.05, 3.63) is 35.9 Å². The number of esters is 1. The van der Waals surface area contributed by atoms with Gasteiger partial charge in [0.2, 0.25) is 5.92 Å². The highest BCUT2D eigenvalue weighted by Gasteiger charge is 2.54. The van der Waals surface area contributed by atoms with Crippen LogP contribution in [0.4, 0.5) is 8.78 Å². The van der Waals surface area contributed by atoms with Crippen LogP contribution in [0.2, 0.25) is 0 Å². The molecule has 2 aliphatic rings. The largest absolute Gasteiger partial charge is 0.460 e. The molecule has 0 radical (unpaired) electrons. The van der Waals surface area contributed by atoms with Gasteiger partial charge in [-0.25, -0.2) is 13.6 Å². The zero-order chi connectivity index (χ0) is 17.2. The Morgan fingerprint density at radius 3 is 2.46 bits per heavy atom. The lowest BCUT2D eigenvalue weighted by atomic mass is 9.80. The Labute approximate surface area is 140 Å². The van der Waals surface area contributed by atoms with Crippen molar-refractivity contribution in [2.24, 2.45) is 5.92 Å². The van der Waals surface area contributed by atoms with Crippen LogP contribution in [0, 0.1) is 5.92 Å². The number of hydrogen-bond donors (Lipinski definition) is 2. The molecule has 1 aliphatic carbocycles. The molecule has 4 nitrogen and oxygen atoms in total. The monoisotopic (exact) mass is 339 g/mol. The van der Waals surface area contributed by atoms with Gasteiger partial charge in [-0.1, -0.05) is 30.3 Å². The fourth-order valence-corrected chi connectivity index (χ4v) is 3.67. The predicted octanol–water partition coefficient (Wildman–Crippen LogP) is 2.60. The lowest BCUT2D eigenvalue weighted by molar-refractivity contribution is -0.181. The van der Waals surface area contributed by atoms with Crippen LogP contribution in [0.5, 0.6) is 0 Å². The van der Waals surface area contributed by atoms with E-state index in [0.717, 1.165) is 13.1 Å². The zero-order valence-corrected chi connectivity index (χ0v) is 13.5. The molecule has 132 valence electrons. The summed E-state index contributed by atoms with van der Waals surface area (Å²) in [6, 6.07) is 8.32. The van der Waals surface area contributed by atoms with E-state index < -0.39 is 29.8 Å². The number of nitrogens with one attached hydrogen (secondary N) is 1. The summed E-state index contributed by atoms with van der Waals surface area (Å²) in [5, 5.41) is 14.4. The van der Waals surface area contributed by atoms with Gasteiger partial charge in [0.25, 0.3) is 0 Å². The van der Waals surface area contributed by atoms with Gasteiger partial charge in [-0.3, -0.25) is 0 Å². The first-order valence-corrected chi connectivity index (χ1v) is 8.49. The van der Waals surface area contributed by atoms with Gasteiger partial charge < -0.3 is 15.2 Å². The van der Waals surface area contributed by atoms with Crippen molar-refractivity contribution < 1.29 is 23.4 Å². The Hall–Kier alpha value is -1.53. The average molecular weight is 339 g/mol. The highest BCUT2D eigenvalue weighted by Crippen LogP contribution is 2.48. The fraction of sp³-hybridized carbons (Fsp3) is 0.611. The molecule has 1 saturated heterocycles. The number of ether oxygens (including phenoxy) is 1. The first kappa shape index (κ1) is 17.3. The van der Waals surface area contributed by atoms with Gasteiger partial charge in [-0.05, 0) is 37.9 Å². The number of carbonyl (C=O) groups excluding carboxylic acids is 1. The molecular formula is C18H23F2NO3. The molecule has 0 spiro atoms. The van der Waals surface area contributed by atoms with E-state index >= 15 is 0 Å². The van der Waals surface area contributed by atoms with E-state index in [4.69, 9.17) is 4.74 Å². The second-order valence-corrected chi connectivity index (χ2v) is 6.78. The maximum absolute atomic E-state index is 13.7. The van der Waals surface area contributed by atoms with Gasteiger partial charge in [-0.2, -0.15) is 0 Å². The van der Waals surface area contributed by atoms with E-state index in [1.807, 2.05) is 0 Å². The maximum Gasteiger partial charge on any atom is 0.343 e. The van der Waals surface area contributed by atoms with Crippen molar-refractivity contribution in [3.8, 4) is 0 Å². The number of rotatable bonds is 4. The Morgan fingerprint density at radius 1 is 1.21 bits per heavy atom. The molecule has 6 heteroatoms. The summed E-state index contributed by atoms with van der Waals surface area (Å²) in [6.45, 7) is 1.48. The summed E-state index contributed by atoms with van der Waals surface area (Å²) >= 11 is 0. The molecule has 0 amide bonds. The number of halogens is 2. The van der Waals surface area contributed by atoms with Crippen molar-refractivity contribution in [1.29, 1.82) is 0 Å². The summed E-state index contributed by atoms with van der Waals surface area (Å²) in [5.41, 5.74) is -1.70. The Kier molecular flexibility index (Phi) is 4.88. The van der Waals surface area contributed by atoms with Crippen LogP contribution < -0.4 is 5.32 Å². The van der Waals surface area contributed by atoms with Gasteiger partial charge in [0.15, 0.2) is 5.60 Å². The third kappa shape index (κ3) is 3.44. The van der Waals surface area contributed by atoms with Crippen molar-refractivity contribution in [2.75, 3.05) is 13.1 Å². The molecule has 1 aromatic carbocycles. The standard InChI is InChI=1S/C18H23F2NO3/c19-17(20)9-6-14(12-17)18(23,13-4-2-1-3-5-13)16(22)24-15-7-10-21-11-8-15/h1-5,14-15,21,23H,6-12H2/t14-,18+/m1/s1. The molecule has 2 fully saturated rings. The van der Waals surface area contributed by atoms with Gasteiger partial charge in [0, 0.05) is 18.8 Å². The molecule has 1 aromatic rings. The third-order valence-corrected chi connectivity index (χ3v) is 5.08. The second-order valence-electron chi connectivity index (χ2n) is 6.78. The minimum absolute atomic E-state index is 0.0969. The SMILES string of the molecule is O=C(OC1CCNCC1)[C@](O)(c1ccccc1)[C@@H]1CCC(F)(F)C1. The highest BCUT2D eigenvalue weighted by molar-refractivity contribution is 5.81. The minimum Gasteiger partial charge on any atom is -0.460 e. The van der Waals surface area contributed by atoms with Crippen molar-refractivity contribution >= 4 is 5.97 Å². The summed E-state index contributed by atoms with van der Waals surface area (Å²) in [5.74, 6) is -4.49. The van der Waals surface area contributed by atoms with Crippen LogP contribution in [-0.2, 0) is 15.1 Å². The van der Waals surface area contributed by atoms with Crippen LogP contribution in [0.1, 0.15) is 37.7 Å². The molecule has 0 bridgehead atoms. The summed E-state index contributed by atoms with van der Waals surface area (Å²) in [6.07, 6.45) is 0.331. The van der Waals surface area contributed by atoms with Gasteiger partial charge >= 0.3 is 5.97 Å². The van der Waals surface area contributed by atoms with Gasteiger partial charge in [-0.15, -0.1) is 0 Å². The normalized spacial score (nSPS) is 26.7. The first-order chi connectivity index (χ1) is 11.4. The van der Waals surface area contributed by atoms with E-state index in [1.54, 1.807) is 30.3 Å². The lowest BCUT2D eigenvalue weighted by Gasteiger charge is -2.34. The molecule has 3 rings (SSSR count). The Bertz CT molecular complexity index is 575. The van der Waals surface area contributed by atoms with E-state index in [2.05, 4.69) is 5.32 Å². The quantitative estimate of drug-likeness (QED) is 0.828. The molecule has 0 unspecified atom stereocenters. The molecule has 1 saturated carbocycles. The van der Waals surface area contributed by atoms with Gasteiger partial charge in [0.1, 0.15) is 6.10 Å². The molecule has 2 atom stereocenters. The van der Waals surface area contributed by atoms with E-state index in [1.165, 1.54) is 0 Å². The number of carbonyl (C=O) groups is 1. The third-order valence-electron chi connectivity index (χ3n) is 5.08. The minimum atomic E-state index is -2.84. The van der Waals surface area contributed by atoms with Crippen molar-refractivity contribution in [1.82, 2.24) is 5.32 Å². The van der Waals surface area contributed by atoms with E-state index in [0.29, 0.717) is 18.4 Å². The fourth-order valence-electron chi connectivity index (χ4n) is 3.67. The number of piperidine rings is 1. The summed E-state index contributed by atoms with van der Waals surface area (Å²) in [7, 11) is 0. The number of aliphatic hydroxyl groups is 1. The Morgan fingerprint density at radius 2 is 1.88 bits per heavy atom. The Balaban J connectivity index is 1.85. The average Bonchev–Trinajstić information content (AvgIpc) is 2.96. The number of benzene rings is 1. The first-order valence-electron chi connectivity index (χ1n) is 8.49. The van der Waals surface area contributed by atoms with Crippen LogP contribution in [0.25, 0.3) is 0 Å². The molecule has 0 aromatic heterocycles. The maximum atomic E-state index is 13.7. The van der Waals surface area contributed by atoms with E-state index in [9.17, 15) is 18.7 Å². The van der Waals surface area contributed by atoms with Crippen molar-refractivity contribution in [3.63, 3.8) is 0 Å². The van der Waals surface area contributed by atoms with E-state index in [-0.39, 0.29) is 18.9 Å². The van der Waals surface area contributed by atoms with Crippen LogP contribution in [-0.4, -0.2) is 36.2 Å². The summed E-state index contributed by atoms with van der Waals surface area (Å²) < 4.78 is 32.9. The number of hydrogen-bond acceptors (Lipinski definition) is 4. The highest BCUT2D eigenvalue weighted by atomic mass is 19.3. The topological polar surface area (TPSA) is 58.6 Å². The smallest absolute Gasteiger partial charge is 0.343 e. The van der Waals surface area contributed by atoms with Crippen LogP contribution in [0.3, 0.4) is 0 Å². The zero-order valence-electron chi connectivity index (χ0n) is 13.5. The van der Waals surface area contributed by atoms with Gasteiger partial charge in [0.05, 0.1) is 0 Å². The molecule has 2 N–H and O–H groups in total. The number of alkyl halides is 2. The second kappa shape index (κ2) is 6.76. The molecule has 1 aliphatic heterocycles. The van der Waals surface area contributed by atoms with Crippen molar-refractivity contribution in [2.45, 2.75) is 49.7 Å².